The third-order valence-corrected chi connectivity index (χ3v) is 4.90. The number of benzene rings is 1. The predicted octanol–water partition coefficient (Wildman–Crippen LogP) is 1.69. The Labute approximate surface area is 138 Å². The van der Waals surface area contributed by atoms with Crippen molar-refractivity contribution in [1.29, 1.82) is 0 Å². The number of nitrogens with zero attached hydrogens (tertiary/aromatic N) is 2. The molecule has 1 aromatic carbocycles. The standard InChI is InChI=1S/C17H19FN4O2/c18-9-1-3-14-12(7-9)11(5-6-20-14)17(24)22-16(19)13-8-10(23)2-4-15(13)21-22/h1,3,7,10-11,20,23H,2,4-6,8,19H2/t10-,11+/m0/s1. The maximum Gasteiger partial charge on any atom is 0.256 e. The van der Waals surface area contributed by atoms with Crippen LogP contribution < -0.4 is 11.1 Å². The van der Waals surface area contributed by atoms with Crippen molar-refractivity contribution in [1.82, 2.24) is 9.78 Å². The van der Waals surface area contributed by atoms with Gasteiger partial charge in [0.1, 0.15) is 11.6 Å². The number of carbonyl (C=O) groups excluding carboxylic acids is 1. The first kappa shape index (κ1) is 15.1. The number of carbonyl (C=O) groups is 1. The maximum atomic E-state index is 13.6. The summed E-state index contributed by atoms with van der Waals surface area (Å²) in [5, 5.41) is 17.4. The first-order chi connectivity index (χ1) is 11.5. The number of anilines is 2. The molecule has 4 N–H and O–H groups in total. The lowest BCUT2D eigenvalue weighted by atomic mass is 9.90. The summed E-state index contributed by atoms with van der Waals surface area (Å²) in [4.78, 5) is 13.0. The van der Waals surface area contributed by atoms with Crippen molar-refractivity contribution in [2.45, 2.75) is 37.7 Å². The molecule has 24 heavy (non-hydrogen) atoms. The fourth-order valence-corrected chi connectivity index (χ4v) is 3.64. The molecule has 0 fully saturated rings. The number of aryl methyl sites for hydroxylation is 1. The lowest BCUT2D eigenvalue weighted by Crippen LogP contribution is -2.28. The van der Waals surface area contributed by atoms with Crippen LogP contribution in [0.4, 0.5) is 15.9 Å². The highest BCUT2D eigenvalue weighted by Gasteiger charge is 2.32. The number of fused-ring (bicyclic) bond motifs is 2. The third kappa shape index (κ3) is 2.36. The molecule has 0 bridgehead atoms. The van der Waals surface area contributed by atoms with Crippen molar-refractivity contribution in [3.8, 4) is 0 Å². The number of nitrogen functional groups attached to an aromatic ring is 1. The molecule has 7 heteroatoms. The van der Waals surface area contributed by atoms with Gasteiger partial charge in [0.2, 0.25) is 0 Å². The van der Waals surface area contributed by atoms with Crippen LogP contribution in [-0.2, 0) is 12.8 Å². The zero-order valence-corrected chi connectivity index (χ0v) is 13.1. The summed E-state index contributed by atoms with van der Waals surface area (Å²) in [5.74, 6) is -0.799. The van der Waals surface area contributed by atoms with E-state index in [0.29, 0.717) is 43.6 Å². The van der Waals surface area contributed by atoms with Gasteiger partial charge in [-0.2, -0.15) is 9.78 Å². The summed E-state index contributed by atoms with van der Waals surface area (Å²) >= 11 is 0. The molecule has 1 aliphatic heterocycles. The number of halogens is 1. The smallest absolute Gasteiger partial charge is 0.256 e. The van der Waals surface area contributed by atoms with Gasteiger partial charge in [-0.25, -0.2) is 4.39 Å². The van der Waals surface area contributed by atoms with Gasteiger partial charge in [0.25, 0.3) is 5.91 Å². The molecule has 0 saturated carbocycles. The van der Waals surface area contributed by atoms with Gasteiger partial charge in [0.05, 0.1) is 17.7 Å². The minimum Gasteiger partial charge on any atom is -0.393 e. The molecular formula is C17H19FN4O2. The molecule has 1 aliphatic carbocycles. The topological polar surface area (TPSA) is 93.2 Å². The first-order valence-corrected chi connectivity index (χ1v) is 8.16. The number of hydrogen-bond donors (Lipinski definition) is 3. The van der Waals surface area contributed by atoms with E-state index in [1.54, 1.807) is 6.07 Å². The minimum absolute atomic E-state index is 0.246. The molecule has 0 amide bonds. The summed E-state index contributed by atoms with van der Waals surface area (Å²) < 4.78 is 14.9. The van der Waals surface area contributed by atoms with E-state index in [1.807, 2.05) is 0 Å². The SMILES string of the molecule is Nc1c2c(nn1C(=O)[C@@H]1CCNc3ccc(F)cc31)CC[C@H](O)C2. The molecule has 1 aromatic heterocycles. The molecule has 2 atom stereocenters. The summed E-state index contributed by atoms with van der Waals surface area (Å²) in [6.07, 6.45) is 1.77. The Hall–Kier alpha value is -2.41. The summed E-state index contributed by atoms with van der Waals surface area (Å²) in [6, 6.07) is 4.42. The average molecular weight is 330 g/mol. The van der Waals surface area contributed by atoms with Crippen LogP contribution in [0.5, 0.6) is 0 Å². The zero-order chi connectivity index (χ0) is 16.8. The van der Waals surface area contributed by atoms with Gasteiger partial charge in [0, 0.05) is 24.2 Å². The maximum absolute atomic E-state index is 13.6. The van der Waals surface area contributed by atoms with E-state index in [2.05, 4.69) is 10.4 Å². The zero-order valence-electron chi connectivity index (χ0n) is 13.1. The van der Waals surface area contributed by atoms with Gasteiger partial charge >= 0.3 is 0 Å². The number of hydrogen-bond acceptors (Lipinski definition) is 5. The number of aromatic nitrogens is 2. The normalized spacial score (nSPS) is 22.4. The Morgan fingerprint density at radius 1 is 1.42 bits per heavy atom. The molecule has 0 unspecified atom stereocenters. The van der Waals surface area contributed by atoms with Gasteiger partial charge < -0.3 is 16.2 Å². The summed E-state index contributed by atoms with van der Waals surface area (Å²) in [7, 11) is 0. The molecule has 4 rings (SSSR count). The second-order valence-corrected chi connectivity index (χ2v) is 6.46. The largest absolute Gasteiger partial charge is 0.393 e. The van der Waals surface area contributed by atoms with Crippen LogP contribution in [0.3, 0.4) is 0 Å². The Kier molecular flexibility index (Phi) is 3.53. The predicted molar refractivity (Wildman–Crippen MR) is 87.5 cm³/mol. The van der Waals surface area contributed by atoms with Gasteiger partial charge in [-0.1, -0.05) is 0 Å². The van der Waals surface area contributed by atoms with Crippen LogP contribution in [0.25, 0.3) is 0 Å². The quantitative estimate of drug-likeness (QED) is 0.740. The van der Waals surface area contributed by atoms with Gasteiger partial charge in [0.15, 0.2) is 0 Å². The fourth-order valence-electron chi connectivity index (χ4n) is 3.64. The van der Waals surface area contributed by atoms with Gasteiger partial charge in [-0.05, 0) is 43.0 Å². The monoisotopic (exact) mass is 330 g/mol. The van der Waals surface area contributed by atoms with Crippen molar-refractivity contribution in [3.63, 3.8) is 0 Å². The van der Waals surface area contributed by atoms with Crippen LogP contribution in [-0.4, -0.2) is 33.4 Å². The lowest BCUT2D eigenvalue weighted by molar-refractivity contribution is 0.0859. The molecular weight excluding hydrogens is 311 g/mol. The van der Waals surface area contributed by atoms with E-state index in [-0.39, 0.29) is 11.7 Å². The Bertz CT molecular complexity index is 817. The van der Waals surface area contributed by atoms with Crippen molar-refractivity contribution < 1.29 is 14.3 Å². The van der Waals surface area contributed by atoms with Crippen molar-refractivity contribution in [3.05, 3.63) is 40.8 Å². The van der Waals surface area contributed by atoms with Crippen molar-refractivity contribution in [2.24, 2.45) is 0 Å². The molecule has 6 nitrogen and oxygen atoms in total. The first-order valence-electron chi connectivity index (χ1n) is 8.16. The number of nitrogens with two attached hydrogens (primary N) is 1. The minimum atomic E-state index is -0.481. The Balaban J connectivity index is 1.72. The van der Waals surface area contributed by atoms with Crippen LogP contribution >= 0.6 is 0 Å². The molecule has 2 heterocycles. The van der Waals surface area contributed by atoms with Gasteiger partial charge in [-0.15, -0.1) is 0 Å². The van der Waals surface area contributed by atoms with Crippen LogP contribution in [0.2, 0.25) is 0 Å². The van der Waals surface area contributed by atoms with E-state index in [4.69, 9.17) is 5.73 Å². The number of aliphatic hydroxyl groups is 1. The van der Waals surface area contributed by atoms with Gasteiger partial charge in [-0.3, -0.25) is 4.79 Å². The highest BCUT2D eigenvalue weighted by atomic mass is 19.1. The molecule has 0 saturated heterocycles. The molecule has 2 aromatic rings. The van der Waals surface area contributed by atoms with Crippen LogP contribution in [0.1, 0.15) is 40.4 Å². The number of aliphatic hydroxyl groups excluding tert-OH is 1. The van der Waals surface area contributed by atoms with Crippen LogP contribution in [0.15, 0.2) is 18.2 Å². The van der Waals surface area contributed by atoms with E-state index in [0.717, 1.165) is 16.9 Å². The van der Waals surface area contributed by atoms with E-state index in [9.17, 15) is 14.3 Å². The van der Waals surface area contributed by atoms with E-state index in [1.165, 1.54) is 16.8 Å². The summed E-state index contributed by atoms with van der Waals surface area (Å²) in [5.41, 5.74) is 9.07. The fraction of sp³-hybridized carbons (Fsp3) is 0.412. The number of rotatable bonds is 1. The Morgan fingerprint density at radius 2 is 2.25 bits per heavy atom. The average Bonchev–Trinajstić information content (AvgIpc) is 2.90. The highest BCUT2D eigenvalue weighted by Crippen LogP contribution is 2.35. The lowest BCUT2D eigenvalue weighted by Gasteiger charge is -2.25. The molecule has 126 valence electrons. The van der Waals surface area contributed by atoms with Crippen LogP contribution in [0, 0.1) is 5.82 Å². The molecule has 0 radical (unpaired) electrons. The second-order valence-electron chi connectivity index (χ2n) is 6.46. The Morgan fingerprint density at radius 3 is 3.08 bits per heavy atom. The van der Waals surface area contributed by atoms with Crippen molar-refractivity contribution >= 4 is 17.4 Å². The summed E-state index contributed by atoms with van der Waals surface area (Å²) in [6.45, 7) is 0.634. The van der Waals surface area contributed by atoms with E-state index >= 15 is 0 Å². The van der Waals surface area contributed by atoms with E-state index < -0.39 is 12.0 Å². The molecule has 0 spiro atoms. The number of nitrogens with one attached hydrogen (secondary N) is 1. The molecule has 2 aliphatic rings. The second kappa shape index (κ2) is 5.59. The highest BCUT2D eigenvalue weighted by molar-refractivity contribution is 5.90. The third-order valence-electron chi connectivity index (χ3n) is 4.90. The van der Waals surface area contributed by atoms with Crippen molar-refractivity contribution in [2.75, 3.05) is 17.6 Å².